The summed E-state index contributed by atoms with van der Waals surface area (Å²) >= 11 is 0. The Morgan fingerprint density at radius 1 is 1.07 bits per heavy atom. The lowest BCUT2D eigenvalue weighted by molar-refractivity contribution is -0.136. The van der Waals surface area contributed by atoms with Gasteiger partial charge in [0.15, 0.2) is 17.4 Å². The number of benzene rings is 3. The number of aryl methyl sites for hydroxylation is 1. The van der Waals surface area contributed by atoms with Crippen molar-refractivity contribution in [2.75, 3.05) is 0 Å². The molecule has 3 aromatic carbocycles. The molecule has 1 atom stereocenters. The lowest BCUT2D eigenvalue weighted by Crippen LogP contribution is -2.13. The second kappa shape index (κ2) is 11.0. The Hall–Kier alpha value is -4.60. The Kier molecular flexibility index (Phi) is 7.22. The third-order valence-electron chi connectivity index (χ3n) is 7.84. The highest BCUT2D eigenvalue weighted by Crippen LogP contribution is 2.39. The summed E-state index contributed by atoms with van der Waals surface area (Å²) < 4.78 is 68.1. The van der Waals surface area contributed by atoms with Gasteiger partial charge in [-0.15, -0.1) is 0 Å². The van der Waals surface area contributed by atoms with Crippen LogP contribution in [0, 0.1) is 23.3 Å². The monoisotopic (exact) mass is 577 g/mol. The van der Waals surface area contributed by atoms with Crippen molar-refractivity contribution in [3.05, 3.63) is 101 Å². The van der Waals surface area contributed by atoms with E-state index in [4.69, 9.17) is 14.8 Å². The van der Waals surface area contributed by atoms with Gasteiger partial charge < -0.3 is 19.4 Å². The molecule has 0 fully saturated rings. The second-order valence-electron chi connectivity index (χ2n) is 10.5. The van der Waals surface area contributed by atoms with Crippen molar-refractivity contribution in [3.63, 3.8) is 0 Å². The minimum Gasteiger partial charge on any atom is -0.481 e. The van der Waals surface area contributed by atoms with E-state index in [1.807, 2.05) is 11.5 Å². The van der Waals surface area contributed by atoms with E-state index < -0.39 is 40.9 Å². The summed E-state index contributed by atoms with van der Waals surface area (Å²) in [4.78, 5) is 18.6. The fourth-order valence-electron chi connectivity index (χ4n) is 5.70. The standard InChI is InChI=1S/C32H27F4N3O3/c1-17(20-6-4-5-18(28(20)35)8-11-27(40)41)30-26-7-2-3-14-39(26)32(38-30)22-15-19(9-10-23(22)33)42-31-24(34)16-25-21(29(31)36)12-13-37-25/h4-6,9-10,12-13,15-17,37H,2-3,7-8,11,14H2,1H3,(H,40,41). The first-order valence-electron chi connectivity index (χ1n) is 13.7. The average Bonchev–Trinajstić information content (AvgIpc) is 3.60. The molecule has 5 aromatic rings. The molecule has 0 aliphatic carbocycles. The number of fused-ring (bicyclic) bond motifs is 2. The number of hydrogen-bond donors (Lipinski definition) is 2. The van der Waals surface area contributed by atoms with Crippen LogP contribution in [0.1, 0.15) is 54.6 Å². The van der Waals surface area contributed by atoms with E-state index in [-0.39, 0.29) is 35.1 Å². The maximum atomic E-state index is 15.5. The first-order chi connectivity index (χ1) is 20.2. The van der Waals surface area contributed by atoms with Crippen LogP contribution in [0.2, 0.25) is 0 Å². The van der Waals surface area contributed by atoms with E-state index in [9.17, 15) is 9.18 Å². The number of carboxylic acid groups (broad SMARTS) is 1. The molecule has 1 aliphatic heterocycles. The fraction of sp³-hybridized carbons (Fsp3) is 0.250. The summed E-state index contributed by atoms with van der Waals surface area (Å²) in [7, 11) is 0. The summed E-state index contributed by atoms with van der Waals surface area (Å²) in [5.74, 6) is -4.62. The zero-order valence-electron chi connectivity index (χ0n) is 22.7. The highest BCUT2D eigenvalue weighted by atomic mass is 19.1. The van der Waals surface area contributed by atoms with Gasteiger partial charge in [-0.05, 0) is 61.1 Å². The van der Waals surface area contributed by atoms with Crippen molar-refractivity contribution >= 4 is 16.9 Å². The molecule has 0 spiro atoms. The Morgan fingerprint density at radius 2 is 1.90 bits per heavy atom. The van der Waals surface area contributed by atoms with Gasteiger partial charge in [-0.1, -0.05) is 25.1 Å². The topological polar surface area (TPSA) is 80.1 Å². The largest absolute Gasteiger partial charge is 0.481 e. The van der Waals surface area contributed by atoms with Crippen molar-refractivity contribution in [1.29, 1.82) is 0 Å². The first kappa shape index (κ1) is 27.6. The molecule has 216 valence electrons. The maximum Gasteiger partial charge on any atom is 0.303 e. The molecule has 2 N–H and O–H groups in total. The number of H-pyrrole nitrogens is 1. The van der Waals surface area contributed by atoms with E-state index in [1.165, 1.54) is 24.4 Å². The Bertz CT molecular complexity index is 1830. The van der Waals surface area contributed by atoms with Crippen molar-refractivity contribution in [2.24, 2.45) is 0 Å². The van der Waals surface area contributed by atoms with E-state index in [2.05, 4.69) is 4.98 Å². The summed E-state index contributed by atoms with van der Waals surface area (Å²) in [5, 5.41) is 9.20. The number of nitrogens with one attached hydrogen (secondary N) is 1. The van der Waals surface area contributed by atoms with Gasteiger partial charge in [0.25, 0.3) is 0 Å². The van der Waals surface area contributed by atoms with Crippen LogP contribution in [-0.4, -0.2) is 25.6 Å². The van der Waals surface area contributed by atoms with Gasteiger partial charge in [-0.3, -0.25) is 4.79 Å². The number of imidazole rings is 1. The van der Waals surface area contributed by atoms with Gasteiger partial charge in [-0.2, -0.15) is 0 Å². The molecule has 1 aliphatic rings. The second-order valence-corrected chi connectivity index (χ2v) is 10.5. The Morgan fingerprint density at radius 3 is 2.71 bits per heavy atom. The van der Waals surface area contributed by atoms with Crippen LogP contribution in [0.4, 0.5) is 17.6 Å². The smallest absolute Gasteiger partial charge is 0.303 e. The van der Waals surface area contributed by atoms with Crippen LogP contribution in [-0.2, 0) is 24.2 Å². The van der Waals surface area contributed by atoms with E-state index in [0.717, 1.165) is 30.7 Å². The minimum atomic E-state index is -1.01. The van der Waals surface area contributed by atoms with Crippen LogP contribution in [0.25, 0.3) is 22.3 Å². The lowest BCUT2D eigenvalue weighted by atomic mass is 9.91. The molecule has 10 heteroatoms. The SMILES string of the molecule is CC(c1cccc(CCC(=O)O)c1F)c1nc(-c2cc(Oc3c(F)cc4[nH]ccc4c3F)ccc2F)n2c1CCCC2. The molecular weight excluding hydrogens is 550 g/mol. The molecule has 0 bridgehead atoms. The molecule has 1 unspecified atom stereocenters. The van der Waals surface area contributed by atoms with E-state index in [0.29, 0.717) is 35.6 Å². The molecule has 0 radical (unpaired) electrons. The molecule has 0 saturated carbocycles. The molecular formula is C32H27F4N3O3. The molecule has 2 aromatic heterocycles. The first-order valence-corrected chi connectivity index (χ1v) is 13.7. The van der Waals surface area contributed by atoms with Crippen LogP contribution >= 0.6 is 0 Å². The number of carbonyl (C=O) groups is 1. The summed E-state index contributed by atoms with van der Waals surface area (Å²) in [6.45, 7) is 2.39. The van der Waals surface area contributed by atoms with Gasteiger partial charge in [0.1, 0.15) is 23.2 Å². The predicted octanol–water partition coefficient (Wildman–Crippen LogP) is 7.89. The highest BCUT2D eigenvalue weighted by Gasteiger charge is 2.28. The number of aromatic amines is 1. The number of aromatic nitrogens is 3. The van der Waals surface area contributed by atoms with E-state index >= 15 is 13.2 Å². The van der Waals surface area contributed by atoms with Crippen LogP contribution in [0.15, 0.2) is 54.7 Å². The molecule has 0 saturated heterocycles. The van der Waals surface area contributed by atoms with Crippen LogP contribution < -0.4 is 4.74 Å². The van der Waals surface area contributed by atoms with Gasteiger partial charge >= 0.3 is 5.97 Å². The lowest BCUT2D eigenvalue weighted by Gasteiger charge is -2.20. The zero-order valence-corrected chi connectivity index (χ0v) is 22.7. The number of halogens is 4. The minimum absolute atomic E-state index is 0.0269. The van der Waals surface area contributed by atoms with Crippen molar-refractivity contribution in [1.82, 2.24) is 14.5 Å². The Balaban J connectivity index is 1.39. The average molecular weight is 578 g/mol. The van der Waals surface area contributed by atoms with Gasteiger partial charge in [0, 0.05) is 42.2 Å². The summed E-state index contributed by atoms with van der Waals surface area (Å²) in [5.41, 5.74) is 2.52. The Labute approximate surface area is 238 Å². The van der Waals surface area contributed by atoms with Crippen LogP contribution in [0.5, 0.6) is 11.5 Å². The van der Waals surface area contributed by atoms with Gasteiger partial charge in [-0.25, -0.2) is 22.5 Å². The van der Waals surface area contributed by atoms with E-state index in [1.54, 1.807) is 18.2 Å². The zero-order chi connectivity index (χ0) is 29.5. The molecule has 6 rings (SSSR count). The summed E-state index contributed by atoms with van der Waals surface area (Å²) in [6.07, 6.45) is 3.75. The predicted molar refractivity (Wildman–Crippen MR) is 149 cm³/mol. The maximum absolute atomic E-state index is 15.5. The highest BCUT2D eigenvalue weighted by molar-refractivity contribution is 5.82. The molecule has 42 heavy (non-hydrogen) atoms. The van der Waals surface area contributed by atoms with Gasteiger partial charge in [0.05, 0.1) is 16.8 Å². The normalized spacial score (nSPS) is 13.7. The number of rotatable bonds is 8. The van der Waals surface area contributed by atoms with Crippen molar-refractivity contribution in [2.45, 2.75) is 51.5 Å². The van der Waals surface area contributed by atoms with Crippen molar-refractivity contribution < 1.29 is 32.2 Å². The number of aliphatic carboxylic acids is 1. The van der Waals surface area contributed by atoms with Crippen LogP contribution in [0.3, 0.4) is 0 Å². The molecule has 0 amide bonds. The molecule has 3 heterocycles. The molecule has 6 nitrogen and oxygen atoms in total. The number of carboxylic acids is 1. The van der Waals surface area contributed by atoms with Crippen molar-refractivity contribution in [3.8, 4) is 22.9 Å². The third-order valence-corrected chi connectivity index (χ3v) is 7.84. The number of ether oxygens (including phenoxy) is 1. The number of hydrogen-bond acceptors (Lipinski definition) is 3. The van der Waals surface area contributed by atoms with Gasteiger partial charge in [0.2, 0.25) is 0 Å². The quantitative estimate of drug-likeness (QED) is 0.184. The number of nitrogens with zero attached hydrogens (tertiary/aromatic N) is 2. The fourth-order valence-corrected chi connectivity index (χ4v) is 5.70. The summed E-state index contributed by atoms with van der Waals surface area (Å²) in [6, 6.07) is 11.3. The third kappa shape index (κ3) is 4.91.